The minimum absolute atomic E-state index is 0.111. The van der Waals surface area contributed by atoms with Crippen molar-refractivity contribution in [3.05, 3.63) is 69.3 Å². The molecular formula is C24H24BrN3O3S. The molecule has 1 amide bonds. The van der Waals surface area contributed by atoms with Gasteiger partial charge >= 0.3 is 0 Å². The highest BCUT2D eigenvalue weighted by atomic mass is 79.9. The molecule has 0 saturated carbocycles. The van der Waals surface area contributed by atoms with Crippen molar-refractivity contribution in [2.24, 2.45) is 0 Å². The van der Waals surface area contributed by atoms with Gasteiger partial charge in [0.05, 0.1) is 22.7 Å². The highest BCUT2D eigenvalue weighted by molar-refractivity contribution is 9.10. The van der Waals surface area contributed by atoms with E-state index in [0.29, 0.717) is 45.5 Å². The van der Waals surface area contributed by atoms with Gasteiger partial charge in [-0.05, 0) is 65.3 Å². The molecule has 32 heavy (non-hydrogen) atoms. The number of rotatable bonds is 8. The number of allylic oxidation sites excluding steroid dienone is 1. The van der Waals surface area contributed by atoms with Crippen LogP contribution in [0.5, 0.6) is 11.5 Å². The summed E-state index contributed by atoms with van der Waals surface area (Å²) in [5.74, 6) is 3.30. The van der Waals surface area contributed by atoms with Crippen LogP contribution in [0.15, 0.2) is 58.2 Å². The van der Waals surface area contributed by atoms with Crippen molar-refractivity contribution in [2.45, 2.75) is 26.4 Å². The van der Waals surface area contributed by atoms with Crippen LogP contribution in [-0.4, -0.2) is 24.2 Å². The van der Waals surface area contributed by atoms with E-state index in [4.69, 9.17) is 28.1 Å². The quantitative estimate of drug-likeness (QED) is 0.366. The first-order valence-electron chi connectivity index (χ1n) is 10.1. The minimum Gasteiger partial charge on any atom is -0.490 e. The van der Waals surface area contributed by atoms with E-state index in [9.17, 15) is 4.79 Å². The molecule has 3 N–H and O–H groups in total. The van der Waals surface area contributed by atoms with Gasteiger partial charge < -0.3 is 25.4 Å². The first-order chi connectivity index (χ1) is 15.4. The Bertz CT molecular complexity index is 1080. The maximum Gasteiger partial charge on any atom is 0.251 e. The number of hydrogen-bond acceptors (Lipinski definition) is 4. The first-order valence-corrected chi connectivity index (χ1v) is 11.3. The average Bonchev–Trinajstić information content (AvgIpc) is 2.77. The van der Waals surface area contributed by atoms with Gasteiger partial charge in [0.15, 0.2) is 16.6 Å². The molecule has 3 rings (SSSR count). The second kappa shape index (κ2) is 11.0. The third-order valence-electron chi connectivity index (χ3n) is 4.77. The van der Waals surface area contributed by atoms with E-state index in [1.54, 1.807) is 0 Å². The number of hydrogen-bond donors (Lipinski definition) is 3. The van der Waals surface area contributed by atoms with E-state index >= 15 is 0 Å². The zero-order chi connectivity index (χ0) is 23.1. The molecule has 1 heterocycles. The van der Waals surface area contributed by atoms with Crippen LogP contribution in [-0.2, 0) is 11.3 Å². The predicted octanol–water partition coefficient (Wildman–Crippen LogP) is 3.97. The van der Waals surface area contributed by atoms with Crippen LogP contribution in [0, 0.1) is 12.3 Å². The van der Waals surface area contributed by atoms with Crippen molar-refractivity contribution in [3.8, 4) is 23.8 Å². The molecular weight excluding hydrogens is 490 g/mol. The van der Waals surface area contributed by atoms with Gasteiger partial charge in [-0.25, -0.2) is 0 Å². The molecule has 1 atom stereocenters. The molecule has 2 aromatic carbocycles. The third-order valence-corrected chi connectivity index (χ3v) is 5.58. The van der Waals surface area contributed by atoms with Gasteiger partial charge in [0.25, 0.3) is 5.91 Å². The lowest BCUT2D eigenvalue weighted by Gasteiger charge is -2.31. The second-order valence-electron chi connectivity index (χ2n) is 6.99. The van der Waals surface area contributed by atoms with Crippen LogP contribution in [0.25, 0.3) is 0 Å². The normalized spacial score (nSPS) is 15.3. The second-order valence-corrected chi connectivity index (χ2v) is 8.26. The molecule has 2 aromatic rings. The van der Waals surface area contributed by atoms with Gasteiger partial charge in [-0.1, -0.05) is 36.3 Å². The lowest BCUT2D eigenvalue weighted by molar-refractivity contribution is -0.118. The zero-order valence-electron chi connectivity index (χ0n) is 17.8. The van der Waals surface area contributed by atoms with Crippen LogP contribution < -0.4 is 25.4 Å². The van der Waals surface area contributed by atoms with Crippen molar-refractivity contribution >= 4 is 39.2 Å². The Morgan fingerprint density at radius 2 is 2.03 bits per heavy atom. The number of terminal acetylenes is 1. The van der Waals surface area contributed by atoms with Crippen LogP contribution in [0.2, 0.25) is 0 Å². The lowest BCUT2D eigenvalue weighted by Crippen LogP contribution is -2.46. The standard InChI is InChI=1S/C24H24BrN3O3S/c1-4-11-31-22-18(25)12-17(13-19(22)30-5-2)21-20(15(3)27-24(32)28-21)23(29)26-14-16-9-7-6-8-10-16/h1,6-10,12-13,21H,5,11,14H2,2-3H3,(H,26,29)(H2,27,28,32)/t21-/m0/s1. The number of halogens is 1. The van der Waals surface area contributed by atoms with Crippen molar-refractivity contribution in [1.29, 1.82) is 0 Å². The van der Waals surface area contributed by atoms with E-state index < -0.39 is 6.04 Å². The summed E-state index contributed by atoms with van der Waals surface area (Å²) in [6.45, 7) is 4.69. The van der Waals surface area contributed by atoms with E-state index in [-0.39, 0.29) is 12.5 Å². The van der Waals surface area contributed by atoms with Crippen molar-refractivity contribution in [3.63, 3.8) is 0 Å². The molecule has 0 bridgehead atoms. The maximum absolute atomic E-state index is 13.2. The van der Waals surface area contributed by atoms with E-state index in [1.807, 2.05) is 56.3 Å². The molecule has 1 aliphatic heterocycles. The summed E-state index contributed by atoms with van der Waals surface area (Å²) in [4.78, 5) is 13.2. The highest BCUT2D eigenvalue weighted by Crippen LogP contribution is 2.40. The lowest BCUT2D eigenvalue weighted by atomic mass is 9.94. The number of benzene rings is 2. The fourth-order valence-electron chi connectivity index (χ4n) is 3.39. The zero-order valence-corrected chi connectivity index (χ0v) is 20.2. The summed E-state index contributed by atoms with van der Waals surface area (Å²) >= 11 is 8.91. The maximum atomic E-state index is 13.2. The van der Waals surface area contributed by atoms with E-state index in [0.717, 1.165) is 11.1 Å². The molecule has 0 aliphatic carbocycles. The number of nitrogens with one attached hydrogen (secondary N) is 3. The molecule has 1 aliphatic rings. The SMILES string of the molecule is C#CCOc1c(Br)cc([C@@H]2NC(=S)NC(C)=C2C(=O)NCc2ccccc2)cc1OCC. The minimum atomic E-state index is -0.475. The predicted molar refractivity (Wildman–Crippen MR) is 132 cm³/mol. The third kappa shape index (κ3) is 5.61. The molecule has 166 valence electrons. The van der Waals surface area contributed by atoms with Gasteiger partial charge in [0.2, 0.25) is 0 Å². The summed E-state index contributed by atoms with van der Waals surface area (Å²) in [7, 11) is 0. The van der Waals surface area contributed by atoms with Crippen LogP contribution >= 0.6 is 28.1 Å². The first kappa shape index (κ1) is 23.6. The number of ether oxygens (including phenoxy) is 2. The van der Waals surface area contributed by atoms with Crippen molar-refractivity contribution in [1.82, 2.24) is 16.0 Å². The summed E-state index contributed by atoms with van der Waals surface area (Å²) < 4.78 is 12.1. The van der Waals surface area contributed by atoms with Gasteiger partial charge in [-0.15, -0.1) is 6.42 Å². The van der Waals surface area contributed by atoms with Crippen LogP contribution in [0.3, 0.4) is 0 Å². The number of carbonyl (C=O) groups excluding carboxylic acids is 1. The monoisotopic (exact) mass is 513 g/mol. The van der Waals surface area contributed by atoms with E-state index in [1.165, 1.54) is 0 Å². The van der Waals surface area contributed by atoms with Crippen molar-refractivity contribution < 1.29 is 14.3 Å². The number of carbonyl (C=O) groups is 1. The van der Waals surface area contributed by atoms with Crippen molar-refractivity contribution in [2.75, 3.05) is 13.2 Å². The van der Waals surface area contributed by atoms with Crippen LogP contribution in [0.4, 0.5) is 0 Å². The Kier molecular flexibility index (Phi) is 8.14. The van der Waals surface area contributed by atoms with Gasteiger partial charge in [-0.3, -0.25) is 4.79 Å². The largest absolute Gasteiger partial charge is 0.490 e. The number of thiocarbonyl (C=S) groups is 1. The fraction of sp³-hybridized carbons (Fsp3) is 0.250. The molecule has 6 nitrogen and oxygen atoms in total. The Labute approximate surface area is 201 Å². The van der Waals surface area contributed by atoms with Gasteiger partial charge in [0.1, 0.15) is 6.61 Å². The smallest absolute Gasteiger partial charge is 0.251 e. The molecule has 0 saturated heterocycles. The Balaban J connectivity index is 1.94. The number of amides is 1. The van der Waals surface area contributed by atoms with Gasteiger partial charge in [-0.2, -0.15) is 0 Å². The Hall–Kier alpha value is -3.02. The Morgan fingerprint density at radius 1 is 1.28 bits per heavy atom. The topological polar surface area (TPSA) is 71.6 Å². The Morgan fingerprint density at radius 3 is 2.72 bits per heavy atom. The average molecular weight is 514 g/mol. The summed E-state index contributed by atoms with van der Waals surface area (Å²) in [6.07, 6.45) is 5.34. The molecule has 0 aromatic heterocycles. The molecule has 0 radical (unpaired) electrons. The summed E-state index contributed by atoms with van der Waals surface area (Å²) in [5, 5.41) is 9.69. The highest BCUT2D eigenvalue weighted by Gasteiger charge is 2.31. The molecule has 0 fully saturated rings. The summed E-state index contributed by atoms with van der Waals surface area (Å²) in [5.41, 5.74) is 3.04. The fourth-order valence-corrected chi connectivity index (χ4v) is 4.23. The summed E-state index contributed by atoms with van der Waals surface area (Å²) in [6, 6.07) is 13.0. The molecule has 8 heteroatoms. The van der Waals surface area contributed by atoms with Gasteiger partial charge in [0, 0.05) is 12.2 Å². The molecule has 0 unspecified atom stereocenters. The van der Waals surface area contributed by atoms with E-state index in [2.05, 4.69) is 37.8 Å². The van der Waals surface area contributed by atoms with Crippen LogP contribution in [0.1, 0.15) is 31.0 Å². The molecule has 0 spiro atoms.